The van der Waals surface area contributed by atoms with Gasteiger partial charge < -0.3 is 15.4 Å². The molecule has 0 saturated carbocycles. The number of aryl methyl sites for hydroxylation is 2. The van der Waals surface area contributed by atoms with E-state index in [0.717, 1.165) is 16.7 Å². The van der Waals surface area contributed by atoms with Gasteiger partial charge in [-0.1, -0.05) is 23.7 Å². The average molecular weight is 386 g/mol. The number of rotatable bonds is 7. The number of ether oxygens (including phenoxy) is 1. The number of hydrogen-bond donors (Lipinski definition) is 2. The molecule has 27 heavy (non-hydrogen) atoms. The van der Waals surface area contributed by atoms with E-state index >= 15 is 0 Å². The highest BCUT2D eigenvalue weighted by Gasteiger charge is 2.08. The summed E-state index contributed by atoms with van der Waals surface area (Å²) in [6, 6.07) is 12.4. The third-order valence-electron chi connectivity index (χ3n) is 3.72. The zero-order chi connectivity index (χ0) is 19.8. The number of carbonyl (C=O) groups is 2. The second-order valence-electron chi connectivity index (χ2n) is 6.02. The highest BCUT2D eigenvalue weighted by atomic mass is 35.5. The van der Waals surface area contributed by atoms with Gasteiger partial charge in [-0.25, -0.2) is 0 Å². The molecule has 2 rings (SSSR count). The van der Waals surface area contributed by atoms with Crippen LogP contribution in [0, 0.1) is 25.2 Å². The van der Waals surface area contributed by atoms with E-state index in [1.54, 1.807) is 36.4 Å². The zero-order valence-electron chi connectivity index (χ0n) is 15.1. The fraction of sp³-hybridized carbons (Fsp3) is 0.250. The molecule has 2 N–H and O–H groups in total. The molecule has 0 bridgehead atoms. The summed E-state index contributed by atoms with van der Waals surface area (Å²) in [6.45, 7) is 3.90. The Labute approximate surface area is 163 Å². The molecule has 7 heteroatoms. The third-order valence-corrected chi connectivity index (χ3v) is 4.32. The Morgan fingerprint density at radius 1 is 1.15 bits per heavy atom. The summed E-state index contributed by atoms with van der Waals surface area (Å²) in [5.41, 5.74) is 3.18. The maximum absolute atomic E-state index is 12.1. The van der Waals surface area contributed by atoms with Crippen LogP contribution in [0.4, 0.5) is 5.69 Å². The van der Waals surface area contributed by atoms with Gasteiger partial charge in [0.05, 0.1) is 6.07 Å². The molecule has 140 valence electrons. The number of amides is 2. The van der Waals surface area contributed by atoms with E-state index in [9.17, 15) is 9.59 Å². The fourth-order valence-electron chi connectivity index (χ4n) is 2.43. The predicted molar refractivity (Wildman–Crippen MR) is 104 cm³/mol. The number of benzene rings is 2. The minimum Gasteiger partial charge on any atom is -0.484 e. The van der Waals surface area contributed by atoms with Crippen molar-refractivity contribution in [3.05, 3.63) is 58.1 Å². The Balaban J connectivity index is 1.89. The summed E-state index contributed by atoms with van der Waals surface area (Å²) in [6.07, 6.45) is -0.183. The smallest absolute Gasteiger partial charge is 0.262 e. The minimum absolute atomic E-state index is 0.135. The summed E-state index contributed by atoms with van der Waals surface area (Å²) in [5, 5.41) is 14.5. The molecular formula is C20H20ClN3O3. The molecule has 0 heterocycles. The average Bonchev–Trinajstić information content (AvgIpc) is 2.63. The topological polar surface area (TPSA) is 91.2 Å². The quantitative estimate of drug-likeness (QED) is 0.763. The molecule has 2 aromatic carbocycles. The van der Waals surface area contributed by atoms with Crippen molar-refractivity contribution in [3.8, 4) is 11.8 Å². The van der Waals surface area contributed by atoms with Crippen LogP contribution in [0.1, 0.15) is 23.1 Å². The van der Waals surface area contributed by atoms with Gasteiger partial charge in [-0.15, -0.1) is 0 Å². The van der Waals surface area contributed by atoms with Crippen LogP contribution in [0.2, 0.25) is 5.02 Å². The van der Waals surface area contributed by atoms with Gasteiger partial charge >= 0.3 is 0 Å². The number of anilines is 1. The van der Waals surface area contributed by atoms with Crippen molar-refractivity contribution in [2.75, 3.05) is 11.9 Å². The number of carbonyl (C=O) groups excluding carboxylic acids is 2. The standard InChI is InChI=1S/C20H20ClN3O3/c1-13-8-17(9-14(2)20(13)21)27-12-19(26)24-16-5-3-4-15(10-16)11-23-18(25)6-7-22/h3-5,8-10H,6,11-12H2,1-2H3,(H,23,25)(H,24,26). The largest absolute Gasteiger partial charge is 0.484 e. The van der Waals surface area contributed by atoms with E-state index < -0.39 is 0 Å². The molecule has 0 unspecified atom stereocenters. The Hall–Kier alpha value is -3.04. The predicted octanol–water partition coefficient (Wildman–Crippen LogP) is 3.50. The SMILES string of the molecule is Cc1cc(OCC(=O)Nc2cccc(CNC(=O)CC#N)c2)cc(C)c1Cl. The maximum atomic E-state index is 12.1. The van der Waals surface area contributed by atoms with Crippen molar-refractivity contribution >= 4 is 29.1 Å². The van der Waals surface area contributed by atoms with Crippen molar-refractivity contribution < 1.29 is 14.3 Å². The lowest BCUT2D eigenvalue weighted by Gasteiger charge is -2.11. The molecule has 2 amide bonds. The van der Waals surface area contributed by atoms with Crippen LogP contribution in [-0.2, 0) is 16.1 Å². The molecule has 0 spiro atoms. The lowest BCUT2D eigenvalue weighted by Crippen LogP contribution is -2.22. The Morgan fingerprint density at radius 2 is 1.85 bits per heavy atom. The number of halogens is 1. The number of nitrogens with zero attached hydrogens (tertiary/aromatic N) is 1. The second-order valence-corrected chi connectivity index (χ2v) is 6.40. The van der Waals surface area contributed by atoms with E-state index in [1.165, 1.54) is 0 Å². The van der Waals surface area contributed by atoms with Crippen LogP contribution in [-0.4, -0.2) is 18.4 Å². The van der Waals surface area contributed by atoms with Crippen LogP contribution >= 0.6 is 11.6 Å². The molecule has 0 aliphatic carbocycles. The van der Waals surface area contributed by atoms with Gasteiger partial charge in [0.2, 0.25) is 5.91 Å². The van der Waals surface area contributed by atoms with E-state index in [-0.39, 0.29) is 31.4 Å². The van der Waals surface area contributed by atoms with Gasteiger partial charge in [-0.2, -0.15) is 5.26 Å². The summed E-state index contributed by atoms with van der Waals surface area (Å²) in [4.78, 5) is 23.5. The van der Waals surface area contributed by atoms with Crippen molar-refractivity contribution in [2.45, 2.75) is 26.8 Å². The highest BCUT2D eigenvalue weighted by molar-refractivity contribution is 6.32. The molecule has 0 radical (unpaired) electrons. The molecule has 0 aliphatic heterocycles. The fourth-order valence-corrected chi connectivity index (χ4v) is 2.54. The molecule has 0 aromatic heterocycles. The van der Waals surface area contributed by atoms with Gasteiger partial charge in [0.15, 0.2) is 6.61 Å². The first-order chi connectivity index (χ1) is 12.9. The highest BCUT2D eigenvalue weighted by Crippen LogP contribution is 2.25. The van der Waals surface area contributed by atoms with Crippen LogP contribution in [0.15, 0.2) is 36.4 Å². The van der Waals surface area contributed by atoms with Crippen LogP contribution < -0.4 is 15.4 Å². The Kier molecular flexibility index (Phi) is 7.21. The van der Waals surface area contributed by atoms with E-state index in [4.69, 9.17) is 21.6 Å². The lowest BCUT2D eigenvalue weighted by atomic mass is 10.1. The number of nitriles is 1. The summed E-state index contributed by atoms with van der Waals surface area (Å²) in [7, 11) is 0. The van der Waals surface area contributed by atoms with Gasteiger partial charge in [0.25, 0.3) is 5.91 Å². The monoisotopic (exact) mass is 385 g/mol. The molecule has 6 nitrogen and oxygen atoms in total. The first-order valence-corrected chi connectivity index (χ1v) is 8.69. The number of nitrogens with one attached hydrogen (secondary N) is 2. The van der Waals surface area contributed by atoms with Gasteiger partial charge in [-0.3, -0.25) is 9.59 Å². The van der Waals surface area contributed by atoms with E-state index in [0.29, 0.717) is 16.5 Å². The van der Waals surface area contributed by atoms with E-state index in [2.05, 4.69) is 10.6 Å². The van der Waals surface area contributed by atoms with Crippen LogP contribution in [0.25, 0.3) is 0 Å². The van der Waals surface area contributed by atoms with Gasteiger partial charge in [0.1, 0.15) is 12.2 Å². The molecule has 0 atom stereocenters. The summed E-state index contributed by atoms with van der Waals surface area (Å²) < 4.78 is 5.53. The lowest BCUT2D eigenvalue weighted by molar-refractivity contribution is -0.120. The van der Waals surface area contributed by atoms with Gasteiger partial charge in [0, 0.05) is 17.3 Å². The zero-order valence-corrected chi connectivity index (χ0v) is 15.9. The summed E-state index contributed by atoms with van der Waals surface area (Å²) >= 11 is 6.12. The third kappa shape index (κ3) is 6.32. The molecular weight excluding hydrogens is 366 g/mol. The van der Waals surface area contributed by atoms with E-state index in [1.807, 2.05) is 19.9 Å². The molecule has 0 saturated heterocycles. The first-order valence-electron chi connectivity index (χ1n) is 8.31. The van der Waals surface area contributed by atoms with Crippen molar-refractivity contribution in [3.63, 3.8) is 0 Å². The van der Waals surface area contributed by atoms with Crippen LogP contribution in [0.5, 0.6) is 5.75 Å². The minimum atomic E-state index is -0.339. The second kappa shape index (κ2) is 9.60. The van der Waals surface area contributed by atoms with Crippen molar-refractivity contribution in [1.29, 1.82) is 5.26 Å². The van der Waals surface area contributed by atoms with Gasteiger partial charge in [-0.05, 0) is 54.8 Å². The molecule has 2 aromatic rings. The molecule has 0 aliphatic rings. The Bertz CT molecular complexity index is 867. The number of hydrogen-bond acceptors (Lipinski definition) is 4. The summed E-state index contributed by atoms with van der Waals surface area (Å²) in [5.74, 6) is -0.0571. The van der Waals surface area contributed by atoms with Crippen molar-refractivity contribution in [1.82, 2.24) is 5.32 Å². The normalized spacial score (nSPS) is 10.0. The Morgan fingerprint density at radius 3 is 2.52 bits per heavy atom. The van der Waals surface area contributed by atoms with Crippen LogP contribution in [0.3, 0.4) is 0 Å². The maximum Gasteiger partial charge on any atom is 0.262 e. The van der Waals surface area contributed by atoms with Crippen molar-refractivity contribution in [2.24, 2.45) is 0 Å². The first kappa shape index (κ1) is 20.3. The molecule has 0 fully saturated rings.